The van der Waals surface area contributed by atoms with E-state index >= 15 is 0 Å². The van der Waals surface area contributed by atoms with Gasteiger partial charge in [-0.05, 0) is 39.0 Å². The lowest BCUT2D eigenvalue weighted by Gasteiger charge is -1.95. The van der Waals surface area contributed by atoms with E-state index in [1.165, 1.54) is 25.2 Å². The number of nitrogens with one attached hydrogen (secondary N) is 1. The molecule has 0 saturated carbocycles. The van der Waals surface area contributed by atoms with E-state index in [1.54, 1.807) is 25.4 Å². The van der Waals surface area contributed by atoms with Gasteiger partial charge in [0, 0.05) is 30.9 Å². The Morgan fingerprint density at radius 3 is 2.12 bits per heavy atom. The maximum Gasteiger partial charge on any atom is 0.177 e. The maximum atomic E-state index is 11.3. The van der Waals surface area contributed by atoms with Gasteiger partial charge in [0.2, 0.25) is 0 Å². The monoisotopic (exact) mass is 527 g/mol. The Bertz CT molecular complexity index is 1060. The van der Waals surface area contributed by atoms with Crippen LogP contribution in [-0.2, 0) is 9.59 Å². The number of aryl methyl sites for hydroxylation is 1. The molecule has 7 nitrogen and oxygen atoms in total. The molecule has 3 heterocycles. The van der Waals surface area contributed by atoms with E-state index in [0.717, 1.165) is 26.7 Å². The number of halogens is 2. The summed E-state index contributed by atoms with van der Waals surface area (Å²) < 4.78 is 0. The quantitative estimate of drug-likeness (QED) is 0.230. The Labute approximate surface area is 213 Å². The number of pyridine rings is 2. The zero-order valence-corrected chi connectivity index (χ0v) is 21.7. The van der Waals surface area contributed by atoms with E-state index in [2.05, 4.69) is 15.0 Å². The van der Waals surface area contributed by atoms with Crippen molar-refractivity contribution in [2.75, 3.05) is 0 Å². The number of Topliss-reactive ketones (excluding diaryl/α,β-unsaturated/α-hetero) is 3. The van der Waals surface area contributed by atoms with Gasteiger partial charge in [-0.15, -0.1) is 35.3 Å². The number of aromatic nitrogens is 3. The molecule has 3 rings (SSSR count). The number of hydrogen-bond donors (Lipinski definition) is 1. The summed E-state index contributed by atoms with van der Waals surface area (Å²) >= 11 is 11.4. The van der Waals surface area contributed by atoms with Gasteiger partial charge in [0.05, 0.1) is 16.1 Å². The second-order valence-electron chi connectivity index (χ2n) is 6.47. The topological polar surface area (TPSA) is 117 Å². The van der Waals surface area contributed by atoms with E-state index in [4.69, 9.17) is 29.6 Å². The van der Waals surface area contributed by atoms with Crippen LogP contribution in [0.5, 0.6) is 0 Å². The number of hydrogen-bond acceptors (Lipinski definition) is 7. The highest BCUT2D eigenvalue weighted by molar-refractivity contribution is 7.80. The predicted octanol–water partition coefficient (Wildman–Crippen LogP) is 4.04. The second-order valence-corrected chi connectivity index (χ2v) is 8.35. The average Bonchev–Trinajstić information content (AvgIpc) is 3.17. The van der Waals surface area contributed by atoms with Crippen molar-refractivity contribution in [3.63, 3.8) is 0 Å². The van der Waals surface area contributed by atoms with Crippen LogP contribution in [0.2, 0.25) is 0 Å². The molecule has 0 atom stereocenters. The zero-order chi connectivity index (χ0) is 24.3. The molecule has 33 heavy (non-hydrogen) atoms. The maximum absolute atomic E-state index is 11.3. The third-order valence-corrected chi connectivity index (χ3v) is 5.89. The number of carbonyl (C=O) groups excluding carboxylic acids is 3. The minimum absolute atomic E-state index is 0. The van der Waals surface area contributed by atoms with Crippen molar-refractivity contribution in [2.45, 2.75) is 33.1 Å². The molecule has 0 bridgehead atoms. The number of carbonyl (C=O) groups is 3. The van der Waals surface area contributed by atoms with E-state index in [1.807, 2.05) is 37.5 Å². The molecule has 0 aliphatic rings. The Kier molecular flexibility index (Phi) is 14.1. The van der Waals surface area contributed by atoms with Gasteiger partial charge in [-0.25, -0.2) is 9.97 Å². The first kappa shape index (κ1) is 30.4. The lowest BCUT2D eigenvalue weighted by atomic mass is 10.2. The van der Waals surface area contributed by atoms with E-state index in [0.29, 0.717) is 4.99 Å². The Balaban J connectivity index is 0.000000494. The second kappa shape index (κ2) is 15.3. The molecular formula is C22H25Cl2N4O3S2+. The lowest BCUT2D eigenvalue weighted by Crippen LogP contribution is -2.18. The Morgan fingerprint density at radius 1 is 1.15 bits per heavy atom. The predicted molar refractivity (Wildman–Crippen MR) is 137 cm³/mol. The van der Waals surface area contributed by atoms with Crippen molar-refractivity contribution in [3.05, 3.63) is 65.2 Å². The normalized spacial score (nSPS) is 9.39. The average molecular weight is 529 g/mol. The number of alkyl halides is 1. The highest BCUT2D eigenvalue weighted by Crippen LogP contribution is 2.26. The molecule has 0 radical (unpaired) electrons. The van der Waals surface area contributed by atoms with Crippen LogP contribution < -0.4 is 10.7 Å². The molecular weight excluding hydrogens is 503 g/mol. The molecule has 0 aromatic carbocycles. The summed E-state index contributed by atoms with van der Waals surface area (Å²) in [6.45, 7) is 6.02. The van der Waals surface area contributed by atoms with Crippen LogP contribution in [0.25, 0.3) is 10.6 Å². The summed E-state index contributed by atoms with van der Waals surface area (Å²) in [5.41, 5.74) is 7.94. The summed E-state index contributed by atoms with van der Waals surface area (Å²) in [6.07, 6.45) is 7.04. The first-order valence-corrected chi connectivity index (χ1v) is 11.0. The van der Waals surface area contributed by atoms with E-state index in [9.17, 15) is 14.4 Å². The number of thiazole rings is 1. The minimum Gasteiger partial charge on any atom is -0.389 e. The van der Waals surface area contributed by atoms with Crippen LogP contribution in [0.1, 0.15) is 41.7 Å². The number of nitrogens with two attached hydrogens (primary N) is 1. The Morgan fingerprint density at radius 2 is 1.79 bits per heavy atom. The number of H-pyrrole nitrogens is 1. The molecule has 0 fully saturated rings. The van der Waals surface area contributed by atoms with E-state index in [-0.39, 0.29) is 29.8 Å². The summed E-state index contributed by atoms with van der Waals surface area (Å²) in [5.74, 6) is -0.505. The van der Waals surface area contributed by atoms with Crippen LogP contribution in [0, 0.1) is 6.92 Å². The molecule has 0 saturated heterocycles. The van der Waals surface area contributed by atoms with Crippen molar-refractivity contribution >= 4 is 69.9 Å². The fourth-order valence-electron chi connectivity index (χ4n) is 2.17. The standard InChI is InChI=1S/C11H10N2OS.C6H6N2S.C5H7ClO2.ClH/c1-7-10(8(2)14)15-11(13-7)9-4-3-5-12-6-9;7-6(9)5-2-1-3-8-4-5;1-3(7)5(6)4(2)8;/h3-6H,1-2H3;1-4H,(H2,7,9);5H,1-2H3;1H/p+1. The van der Waals surface area contributed by atoms with Crippen molar-refractivity contribution in [1.29, 1.82) is 0 Å². The largest absolute Gasteiger partial charge is 0.389 e. The molecule has 3 aromatic rings. The van der Waals surface area contributed by atoms with Gasteiger partial charge in [0.1, 0.15) is 15.4 Å². The van der Waals surface area contributed by atoms with Crippen molar-refractivity contribution < 1.29 is 19.4 Å². The third kappa shape index (κ3) is 10.7. The SMILES string of the molecule is CC(=O)C(Cl)C(C)=O.CC(=O)c1sc(-c2ccc[nH+]c2)nc1C.Cl.NC(=S)c1cccnc1. The van der Waals surface area contributed by atoms with Crippen molar-refractivity contribution in [3.8, 4) is 10.6 Å². The molecule has 3 aromatic heterocycles. The van der Waals surface area contributed by atoms with Crippen LogP contribution in [0.3, 0.4) is 0 Å². The summed E-state index contributed by atoms with van der Waals surface area (Å²) in [5, 5.41) is -0.0513. The van der Waals surface area contributed by atoms with Gasteiger partial charge in [0.15, 0.2) is 29.7 Å². The highest BCUT2D eigenvalue weighted by Gasteiger charge is 2.14. The van der Waals surface area contributed by atoms with Gasteiger partial charge in [0.25, 0.3) is 0 Å². The van der Waals surface area contributed by atoms with Gasteiger partial charge in [-0.2, -0.15) is 0 Å². The number of aromatic amines is 1. The van der Waals surface area contributed by atoms with Crippen LogP contribution >= 0.6 is 47.6 Å². The van der Waals surface area contributed by atoms with Crippen LogP contribution in [0.15, 0.2) is 49.1 Å². The van der Waals surface area contributed by atoms with Gasteiger partial charge >= 0.3 is 0 Å². The fraction of sp³-hybridized carbons (Fsp3) is 0.227. The van der Waals surface area contributed by atoms with E-state index < -0.39 is 5.38 Å². The smallest absolute Gasteiger partial charge is 0.177 e. The first-order chi connectivity index (χ1) is 15.0. The molecule has 0 aliphatic carbocycles. The first-order valence-electron chi connectivity index (χ1n) is 9.34. The molecule has 176 valence electrons. The number of thiocarbonyl (C=S) groups is 1. The molecule has 0 spiro atoms. The number of ketones is 3. The number of nitrogens with zero attached hydrogens (tertiary/aromatic N) is 2. The molecule has 0 unspecified atom stereocenters. The van der Waals surface area contributed by atoms with Crippen LogP contribution in [-0.4, -0.2) is 37.7 Å². The highest BCUT2D eigenvalue weighted by atomic mass is 35.5. The third-order valence-electron chi connectivity index (χ3n) is 3.73. The van der Waals surface area contributed by atoms with Gasteiger partial charge in [-0.3, -0.25) is 19.4 Å². The summed E-state index contributed by atoms with van der Waals surface area (Å²) in [7, 11) is 0. The molecule has 3 N–H and O–H groups in total. The molecule has 11 heteroatoms. The fourth-order valence-corrected chi connectivity index (χ4v) is 3.25. The van der Waals surface area contributed by atoms with Crippen molar-refractivity contribution in [2.24, 2.45) is 5.73 Å². The minimum atomic E-state index is -0.935. The molecule has 0 aliphatic heterocycles. The summed E-state index contributed by atoms with van der Waals surface area (Å²) in [6, 6.07) is 7.52. The lowest BCUT2D eigenvalue weighted by molar-refractivity contribution is -0.377. The van der Waals surface area contributed by atoms with Crippen molar-refractivity contribution in [1.82, 2.24) is 9.97 Å². The van der Waals surface area contributed by atoms with Gasteiger partial charge in [-0.1, -0.05) is 12.2 Å². The molecule has 0 amide bonds. The number of rotatable bonds is 5. The summed E-state index contributed by atoms with van der Waals surface area (Å²) in [4.78, 5) is 44.1. The van der Waals surface area contributed by atoms with Crippen LogP contribution in [0.4, 0.5) is 0 Å². The van der Waals surface area contributed by atoms with Gasteiger partial charge < -0.3 is 5.73 Å². The Hall–Kier alpha value is -2.59. The zero-order valence-electron chi connectivity index (χ0n) is 18.5.